The first-order valence-corrected chi connectivity index (χ1v) is 12.0. The number of alkyl halides is 3. The molecule has 34 heavy (non-hydrogen) atoms. The standard InChI is InChI=1S/C28H29F5O/c1-2-3-18-4-6-19(7-5-18)8-9-20-10-13-23(25(29)16-20)21-11-14-24-22(17-21)12-15-26(27(24)30)34-28(31,32)33/h10-19H,2-9H2,1H3/t18-,19-. The van der Waals surface area contributed by atoms with Crippen LogP contribution in [-0.4, -0.2) is 6.36 Å². The summed E-state index contributed by atoms with van der Waals surface area (Å²) in [5.74, 6) is -0.765. The summed E-state index contributed by atoms with van der Waals surface area (Å²) in [5.41, 5.74) is 1.87. The van der Waals surface area contributed by atoms with E-state index >= 15 is 0 Å². The third-order valence-electron chi connectivity index (χ3n) is 6.99. The van der Waals surface area contributed by atoms with Gasteiger partial charge in [-0.1, -0.05) is 75.8 Å². The Labute approximate surface area is 196 Å². The smallest absolute Gasteiger partial charge is 0.403 e. The lowest BCUT2D eigenvalue weighted by molar-refractivity contribution is -0.275. The highest BCUT2D eigenvalue weighted by Gasteiger charge is 2.32. The maximum Gasteiger partial charge on any atom is 0.573 e. The van der Waals surface area contributed by atoms with Crippen molar-refractivity contribution in [3.63, 3.8) is 0 Å². The van der Waals surface area contributed by atoms with Gasteiger partial charge in [-0.05, 0) is 59.4 Å². The Morgan fingerprint density at radius 2 is 1.56 bits per heavy atom. The topological polar surface area (TPSA) is 9.23 Å². The summed E-state index contributed by atoms with van der Waals surface area (Å²) in [6.45, 7) is 2.24. The molecule has 0 atom stereocenters. The van der Waals surface area contributed by atoms with Crippen LogP contribution >= 0.6 is 0 Å². The summed E-state index contributed by atoms with van der Waals surface area (Å²) in [6.07, 6.45) is 4.62. The van der Waals surface area contributed by atoms with Crippen molar-refractivity contribution in [1.82, 2.24) is 0 Å². The van der Waals surface area contributed by atoms with Gasteiger partial charge in [-0.2, -0.15) is 0 Å². The van der Waals surface area contributed by atoms with E-state index in [0.29, 0.717) is 22.4 Å². The van der Waals surface area contributed by atoms with E-state index in [1.165, 1.54) is 56.7 Å². The SMILES string of the molecule is CCC[C@H]1CC[C@H](CCc2ccc(-c3ccc4c(F)c(OC(F)(F)F)ccc4c3)c(F)c2)CC1. The summed E-state index contributed by atoms with van der Waals surface area (Å²) in [4.78, 5) is 0. The van der Waals surface area contributed by atoms with Crippen molar-refractivity contribution in [1.29, 1.82) is 0 Å². The first-order chi connectivity index (χ1) is 16.2. The number of hydrogen-bond donors (Lipinski definition) is 0. The molecule has 1 aliphatic carbocycles. The van der Waals surface area contributed by atoms with E-state index in [2.05, 4.69) is 11.7 Å². The third kappa shape index (κ3) is 5.89. The Bertz CT molecular complexity index is 1130. The molecular weight excluding hydrogens is 447 g/mol. The fourth-order valence-corrected chi connectivity index (χ4v) is 5.18. The molecule has 1 aliphatic rings. The van der Waals surface area contributed by atoms with Gasteiger partial charge < -0.3 is 4.74 Å². The molecule has 6 heteroatoms. The predicted molar refractivity (Wildman–Crippen MR) is 125 cm³/mol. The van der Waals surface area contributed by atoms with Gasteiger partial charge in [0.2, 0.25) is 0 Å². The normalized spacial score (nSPS) is 18.9. The fourth-order valence-electron chi connectivity index (χ4n) is 5.18. The minimum atomic E-state index is -4.98. The Morgan fingerprint density at radius 3 is 2.21 bits per heavy atom. The monoisotopic (exact) mass is 476 g/mol. The summed E-state index contributed by atoms with van der Waals surface area (Å²) < 4.78 is 70.5. The highest BCUT2D eigenvalue weighted by molar-refractivity contribution is 5.89. The molecule has 3 aromatic rings. The van der Waals surface area contributed by atoms with Crippen molar-refractivity contribution in [3.05, 3.63) is 65.7 Å². The third-order valence-corrected chi connectivity index (χ3v) is 6.99. The molecule has 1 fully saturated rings. The fraction of sp³-hybridized carbons (Fsp3) is 0.429. The summed E-state index contributed by atoms with van der Waals surface area (Å²) in [7, 11) is 0. The lowest BCUT2D eigenvalue weighted by atomic mass is 9.78. The molecule has 0 radical (unpaired) electrons. The van der Waals surface area contributed by atoms with Crippen LogP contribution in [-0.2, 0) is 6.42 Å². The van der Waals surface area contributed by atoms with Gasteiger partial charge in [-0.25, -0.2) is 8.78 Å². The van der Waals surface area contributed by atoms with Crippen molar-refractivity contribution in [2.75, 3.05) is 0 Å². The average molecular weight is 477 g/mol. The van der Waals surface area contributed by atoms with E-state index in [-0.39, 0.29) is 11.2 Å². The van der Waals surface area contributed by atoms with Crippen molar-refractivity contribution in [2.24, 2.45) is 11.8 Å². The molecule has 1 saturated carbocycles. The van der Waals surface area contributed by atoms with Crippen molar-refractivity contribution >= 4 is 10.8 Å². The summed E-state index contributed by atoms with van der Waals surface area (Å²) >= 11 is 0. The molecule has 0 amide bonds. The minimum Gasteiger partial charge on any atom is -0.403 e. The second-order valence-corrected chi connectivity index (χ2v) is 9.39. The van der Waals surface area contributed by atoms with Crippen molar-refractivity contribution < 1.29 is 26.7 Å². The van der Waals surface area contributed by atoms with E-state index in [9.17, 15) is 22.0 Å². The highest BCUT2D eigenvalue weighted by atomic mass is 19.4. The zero-order valence-corrected chi connectivity index (χ0v) is 19.2. The van der Waals surface area contributed by atoms with Crippen LogP contribution in [0.2, 0.25) is 0 Å². The second-order valence-electron chi connectivity index (χ2n) is 9.39. The van der Waals surface area contributed by atoms with Crippen LogP contribution in [0, 0.1) is 23.5 Å². The first-order valence-electron chi connectivity index (χ1n) is 12.0. The quantitative estimate of drug-likeness (QED) is 0.309. The molecule has 0 bridgehead atoms. The van der Waals surface area contributed by atoms with Crippen LogP contribution in [0.3, 0.4) is 0 Å². The molecule has 182 valence electrons. The van der Waals surface area contributed by atoms with E-state index in [0.717, 1.165) is 30.4 Å². The molecule has 0 N–H and O–H groups in total. The Hall–Kier alpha value is -2.63. The van der Waals surface area contributed by atoms with E-state index < -0.39 is 17.9 Å². The molecule has 0 heterocycles. The molecule has 0 unspecified atom stereocenters. The molecule has 1 nitrogen and oxygen atoms in total. The molecule has 0 aliphatic heterocycles. The van der Waals surface area contributed by atoms with Crippen molar-refractivity contribution in [2.45, 2.75) is 64.7 Å². The number of benzene rings is 3. The number of hydrogen-bond acceptors (Lipinski definition) is 1. The van der Waals surface area contributed by atoms with E-state index in [1.807, 2.05) is 6.07 Å². The maximum absolute atomic E-state index is 14.9. The Kier molecular flexibility index (Phi) is 7.44. The number of ether oxygens (including phenoxy) is 1. The van der Waals surface area contributed by atoms with Crippen LogP contribution in [0.25, 0.3) is 21.9 Å². The second kappa shape index (κ2) is 10.3. The molecule has 0 spiro atoms. The summed E-state index contributed by atoms with van der Waals surface area (Å²) in [6, 6.07) is 11.9. The molecule has 0 aromatic heterocycles. The molecule has 3 aromatic carbocycles. The largest absolute Gasteiger partial charge is 0.573 e. The van der Waals surface area contributed by atoms with Gasteiger partial charge in [-0.3, -0.25) is 0 Å². The van der Waals surface area contributed by atoms with Gasteiger partial charge in [0, 0.05) is 10.9 Å². The highest BCUT2D eigenvalue weighted by Crippen LogP contribution is 2.35. The average Bonchev–Trinajstić information content (AvgIpc) is 2.80. The van der Waals surface area contributed by atoms with Crippen LogP contribution in [0.4, 0.5) is 22.0 Å². The zero-order valence-electron chi connectivity index (χ0n) is 19.2. The van der Waals surface area contributed by atoms with Crippen molar-refractivity contribution in [3.8, 4) is 16.9 Å². The van der Waals surface area contributed by atoms with Gasteiger partial charge in [0.25, 0.3) is 0 Å². The van der Waals surface area contributed by atoms with E-state index in [4.69, 9.17) is 0 Å². The lowest BCUT2D eigenvalue weighted by Crippen LogP contribution is -2.17. The van der Waals surface area contributed by atoms with Gasteiger partial charge in [-0.15, -0.1) is 13.2 Å². The number of halogens is 5. The van der Waals surface area contributed by atoms with Gasteiger partial charge in [0.1, 0.15) is 5.82 Å². The van der Waals surface area contributed by atoms with Gasteiger partial charge >= 0.3 is 6.36 Å². The van der Waals surface area contributed by atoms with Gasteiger partial charge in [0.05, 0.1) is 0 Å². The number of fused-ring (bicyclic) bond motifs is 1. The summed E-state index contributed by atoms with van der Waals surface area (Å²) in [5, 5.41) is 0.350. The number of rotatable bonds is 7. The molecule has 0 saturated heterocycles. The maximum atomic E-state index is 14.9. The van der Waals surface area contributed by atoms with E-state index in [1.54, 1.807) is 18.2 Å². The van der Waals surface area contributed by atoms with Crippen LogP contribution in [0.1, 0.15) is 57.4 Å². The van der Waals surface area contributed by atoms with Crippen LogP contribution < -0.4 is 4.74 Å². The van der Waals surface area contributed by atoms with Gasteiger partial charge in [0.15, 0.2) is 11.6 Å². The Morgan fingerprint density at radius 1 is 0.853 bits per heavy atom. The zero-order chi connectivity index (χ0) is 24.3. The molecule has 4 rings (SSSR count). The predicted octanol–water partition coefficient (Wildman–Crippen LogP) is 9.22. The minimum absolute atomic E-state index is 0.0174. The number of aryl methyl sites for hydroxylation is 1. The van der Waals surface area contributed by atoms with Crippen LogP contribution in [0.5, 0.6) is 5.75 Å². The lowest BCUT2D eigenvalue weighted by Gasteiger charge is -2.28. The first kappa shape index (κ1) is 24.5. The van der Waals surface area contributed by atoms with Crippen LogP contribution in [0.15, 0.2) is 48.5 Å². The molecular formula is C28H29F5O. The Balaban J connectivity index is 1.45.